The first-order valence-corrected chi connectivity index (χ1v) is 8.91. The van der Waals surface area contributed by atoms with Crippen molar-refractivity contribution in [2.24, 2.45) is 5.92 Å². The summed E-state index contributed by atoms with van der Waals surface area (Å²) in [5.74, 6) is 0.869. The summed E-state index contributed by atoms with van der Waals surface area (Å²) in [5.41, 5.74) is 3.80. The molecule has 0 radical (unpaired) electrons. The molecule has 1 aromatic carbocycles. The summed E-state index contributed by atoms with van der Waals surface area (Å²) in [6.07, 6.45) is 4.62. The highest BCUT2D eigenvalue weighted by atomic mass is 16.5. The highest BCUT2D eigenvalue weighted by Crippen LogP contribution is 2.33. The van der Waals surface area contributed by atoms with Gasteiger partial charge in [-0.15, -0.1) is 0 Å². The van der Waals surface area contributed by atoms with E-state index in [0.29, 0.717) is 25.5 Å². The van der Waals surface area contributed by atoms with Crippen LogP contribution in [0.25, 0.3) is 10.9 Å². The lowest BCUT2D eigenvalue weighted by atomic mass is 9.87. The number of rotatable bonds is 9. The van der Waals surface area contributed by atoms with Gasteiger partial charge in [0.15, 0.2) is 0 Å². The summed E-state index contributed by atoms with van der Waals surface area (Å²) in [5, 5.41) is 4.20. The van der Waals surface area contributed by atoms with Crippen LogP contribution in [0, 0.1) is 5.92 Å². The SMILES string of the molecule is CCc1cccc2c([C@@H](CC(=O)NCCOC)CC(C)C)c[nH]c12. The normalized spacial score (nSPS) is 12.7. The second-order valence-corrected chi connectivity index (χ2v) is 6.81. The van der Waals surface area contributed by atoms with Crippen LogP contribution in [0.15, 0.2) is 24.4 Å². The van der Waals surface area contributed by atoms with Gasteiger partial charge < -0.3 is 15.0 Å². The molecule has 24 heavy (non-hydrogen) atoms. The summed E-state index contributed by atoms with van der Waals surface area (Å²) in [4.78, 5) is 15.7. The molecule has 132 valence electrons. The number of para-hydroxylation sites is 1. The molecule has 0 unspecified atom stereocenters. The van der Waals surface area contributed by atoms with E-state index in [1.807, 2.05) is 0 Å². The molecule has 0 spiro atoms. The Morgan fingerprint density at radius 1 is 1.33 bits per heavy atom. The Balaban J connectivity index is 2.23. The number of aryl methyl sites for hydroxylation is 1. The van der Waals surface area contributed by atoms with Crippen LogP contribution < -0.4 is 5.32 Å². The van der Waals surface area contributed by atoms with E-state index in [4.69, 9.17) is 4.74 Å². The van der Waals surface area contributed by atoms with Crippen LogP contribution in [-0.2, 0) is 16.0 Å². The molecule has 2 rings (SSSR count). The van der Waals surface area contributed by atoms with E-state index in [-0.39, 0.29) is 11.8 Å². The number of aromatic nitrogens is 1. The van der Waals surface area contributed by atoms with Gasteiger partial charge in [-0.05, 0) is 35.8 Å². The maximum absolute atomic E-state index is 12.3. The van der Waals surface area contributed by atoms with Crippen LogP contribution in [0.5, 0.6) is 0 Å². The number of benzene rings is 1. The molecule has 2 aromatic rings. The molecule has 0 aliphatic carbocycles. The zero-order valence-corrected chi connectivity index (χ0v) is 15.3. The molecule has 0 saturated carbocycles. The third-order valence-corrected chi connectivity index (χ3v) is 4.47. The van der Waals surface area contributed by atoms with Crippen LogP contribution >= 0.6 is 0 Å². The van der Waals surface area contributed by atoms with Gasteiger partial charge in [-0.25, -0.2) is 0 Å². The molecule has 0 saturated heterocycles. The second kappa shape index (κ2) is 8.88. The number of nitrogens with one attached hydrogen (secondary N) is 2. The quantitative estimate of drug-likeness (QED) is 0.683. The Morgan fingerprint density at radius 3 is 2.79 bits per heavy atom. The van der Waals surface area contributed by atoms with Gasteiger partial charge >= 0.3 is 0 Å². The third-order valence-electron chi connectivity index (χ3n) is 4.47. The van der Waals surface area contributed by atoms with E-state index in [9.17, 15) is 4.79 Å². The van der Waals surface area contributed by atoms with Gasteiger partial charge in [-0.3, -0.25) is 4.79 Å². The lowest BCUT2D eigenvalue weighted by molar-refractivity contribution is -0.121. The maximum atomic E-state index is 12.3. The Morgan fingerprint density at radius 2 is 2.12 bits per heavy atom. The number of ether oxygens (including phenoxy) is 1. The number of hydrogen-bond donors (Lipinski definition) is 2. The van der Waals surface area contributed by atoms with Gasteiger partial charge in [0, 0.05) is 37.2 Å². The molecule has 4 nitrogen and oxygen atoms in total. The number of carbonyl (C=O) groups is 1. The maximum Gasteiger partial charge on any atom is 0.220 e. The van der Waals surface area contributed by atoms with Crippen molar-refractivity contribution < 1.29 is 9.53 Å². The standard InChI is InChI=1S/C20H30N2O2/c1-5-15-7-6-8-17-18(13-22-20(15)17)16(11-14(2)3)12-19(23)21-9-10-24-4/h6-8,13-14,16,22H,5,9-12H2,1-4H3,(H,21,23)/t16-/m1/s1. The predicted molar refractivity (Wildman–Crippen MR) is 99.4 cm³/mol. The van der Waals surface area contributed by atoms with Crippen LogP contribution in [0.3, 0.4) is 0 Å². The number of methoxy groups -OCH3 is 1. The van der Waals surface area contributed by atoms with Crippen molar-refractivity contribution in [1.82, 2.24) is 10.3 Å². The van der Waals surface area contributed by atoms with Gasteiger partial charge in [0.2, 0.25) is 5.91 Å². The van der Waals surface area contributed by atoms with Crippen molar-refractivity contribution in [3.8, 4) is 0 Å². The van der Waals surface area contributed by atoms with Gasteiger partial charge in [-0.2, -0.15) is 0 Å². The molecule has 1 heterocycles. The summed E-state index contributed by atoms with van der Waals surface area (Å²) < 4.78 is 5.00. The first-order chi connectivity index (χ1) is 11.6. The minimum Gasteiger partial charge on any atom is -0.383 e. The Bertz CT molecular complexity index is 661. The molecule has 0 aliphatic rings. The van der Waals surface area contributed by atoms with Gasteiger partial charge in [0.1, 0.15) is 0 Å². The molecule has 1 atom stereocenters. The van der Waals surface area contributed by atoms with Crippen molar-refractivity contribution in [2.45, 2.75) is 46.0 Å². The fraction of sp³-hybridized carbons (Fsp3) is 0.550. The van der Waals surface area contributed by atoms with Crippen LogP contribution in [0.2, 0.25) is 0 Å². The number of fused-ring (bicyclic) bond motifs is 1. The van der Waals surface area contributed by atoms with Crippen molar-refractivity contribution in [3.63, 3.8) is 0 Å². The zero-order valence-electron chi connectivity index (χ0n) is 15.3. The Kier molecular flexibility index (Phi) is 6.85. The van der Waals surface area contributed by atoms with Crippen molar-refractivity contribution in [1.29, 1.82) is 0 Å². The fourth-order valence-corrected chi connectivity index (χ4v) is 3.35. The highest BCUT2D eigenvalue weighted by Gasteiger charge is 2.21. The first-order valence-electron chi connectivity index (χ1n) is 8.91. The Hall–Kier alpha value is -1.81. The number of amides is 1. The van der Waals surface area contributed by atoms with E-state index in [1.54, 1.807) is 7.11 Å². The van der Waals surface area contributed by atoms with Crippen molar-refractivity contribution >= 4 is 16.8 Å². The topological polar surface area (TPSA) is 54.1 Å². The molecule has 4 heteroatoms. The summed E-state index contributed by atoms with van der Waals surface area (Å²) in [7, 11) is 1.64. The van der Waals surface area contributed by atoms with Crippen LogP contribution in [-0.4, -0.2) is 31.2 Å². The third kappa shape index (κ3) is 4.60. The largest absolute Gasteiger partial charge is 0.383 e. The fourth-order valence-electron chi connectivity index (χ4n) is 3.35. The van der Waals surface area contributed by atoms with Crippen molar-refractivity contribution in [2.75, 3.05) is 20.3 Å². The number of hydrogen-bond acceptors (Lipinski definition) is 2. The minimum absolute atomic E-state index is 0.0960. The summed E-state index contributed by atoms with van der Waals surface area (Å²) >= 11 is 0. The zero-order chi connectivity index (χ0) is 17.5. The second-order valence-electron chi connectivity index (χ2n) is 6.81. The lowest BCUT2D eigenvalue weighted by Gasteiger charge is -2.18. The number of aromatic amines is 1. The first kappa shape index (κ1) is 18.5. The van der Waals surface area contributed by atoms with Crippen molar-refractivity contribution in [3.05, 3.63) is 35.5 Å². The number of H-pyrrole nitrogens is 1. The predicted octanol–water partition coefficient (Wildman–Crippen LogP) is 4.01. The van der Waals surface area contributed by atoms with E-state index in [1.165, 1.54) is 22.0 Å². The molecule has 0 fully saturated rings. The van der Waals surface area contributed by atoms with Gasteiger partial charge in [-0.1, -0.05) is 39.0 Å². The lowest BCUT2D eigenvalue weighted by Crippen LogP contribution is -2.28. The average molecular weight is 330 g/mol. The van der Waals surface area contributed by atoms with E-state index in [0.717, 1.165) is 12.8 Å². The van der Waals surface area contributed by atoms with Crippen LogP contribution in [0.1, 0.15) is 50.7 Å². The molecular weight excluding hydrogens is 300 g/mol. The molecule has 1 amide bonds. The minimum atomic E-state index is 0.0960. The van der Waals surface area contributed by atoms with Gasteiger partial charge in [0.05, 0.1) is 6.61 Å². The molecule has 0 bridgehead atoms. The van der Waals surface area contributed by atoms with E-state index >= 15 is 0 Å². The molecular formula is C20H30N2O2. The summed E-state index contributed by atoms with van der Waals surface area (Å²) in [6, 6.07) is 6.44. The molecule has 2 N–H and O–H groups in total. The smallest absolute Gasteiger partial charge is 0.220 e. The average Bonchev–Trinajstić information content (AvgIpc) is 2.98. The molecule has 1 aromatic heterocycles. The van der Waals surface area contributed by atoms with Gasteiger partial charge in [0.25, 0.3) is 0 Å². The summed E-state index contributed by atoms with van der Waals surface area (Å²) in [6.45, 7) is 7.71. The molecule has 0 aliphatic heterocycles. The monoisotopic (exact) mass is 330 g/mol. The van der Waals surface area contributed by atoms with E-state index in [2.05, 4.69) is 55.5 Å². The highest BCUT2D eigenvalue weighted by molar-refractivity contribution is 5.87. The van der Waals surface area contributed by atoms with E-state index < -0.39 is 0 Å². The number of carbonyl (C=O) groups excluding carboxylic acids is 1. The Labute approximate surface area is 145 Å². The van der Waals surface area contributed by atoms with Crippen LogP contribution in [0.4, 0.5) is 0 Å².